The lowest BCUT2D eigenvalue weighted by Gasteiger charge is -2.18. The van der Waals surface area contributed by atoms with Crippen molar-refractivity contribution >= 4 is 17.3 Å². The van der Waals surface area contributed by atoms with Gasteiger partial charge in [-0.1, -0.05) is 0 Å². The summed E-state index contributed by atoms with van der Waals surface area (Å²) in [6.07, 6.45) is 0.0690. The molecule has 0 spiro atoms. The van der Waals surface area contributed by atoms with E-state index in [9.17, 15) is 4.79 Å². The number of amides is 1. The third-order valence-electron chi connectivity index (χ3n) is 2.46. The number of hydrogen-bond acceptors (Lipinski definition) is 5. The van der Waals surface area contributed by atoms with Crippen LogP contribution in [0, 0.1) is 11.3 Å². The number of nitriles is 1. The number of rotatable bonds is 7. The van der Waals surface area contributed by atoms with Crippen molar-refractivity contribution in [3.05, 3.63) is 18.2 Å². The van der Waals surface area contributed by atoms with E-state index in [1.807, 2.05) is 13.0 Å². The van der Waals surface area contributed by atoms with Crippen LogP contribution in [0.25, 0.3) is 0 Å². The van der Waals surface area contributed by atoms with Crippen molar-refractivity contribution in [1.82, 2.24) is 0 Å². The molecule has 1 atom stereocenters. The Labute approximate surface area is 118 Å². The second-order valence-corrected chi connectivity index (χ2v) is 4.16. The van der Waals surface area contributed by atoms with E-state index in [2.05, 4.69) is 10.6 Å². The molecule has 6 nitrogen and oxygen atoms in total. The number of nitrogens with zero attached hydrogens (tertiary/aromatic N) is 1. The number of methoxy groups -OCH3 is 1. The van der Waals surface area contributed by atoms with E-state index in [1.54, 1.807) is 25.3 Å². The summed E-state index contributed by atoms with van der Waals surface area (Å²) < 4.78 is 10.7. The van der Waals surface area contributed by atoms with Gasteiger partial charge in [0.05, 0.1) is 31.9 Å². The van der Waals surface area contributed by atoms with Crippen molar-refractivity contribution in [2.45, 2.75) is 26.5 Å². The highest BCUT2D eigenvalue weighted by atomic mass is 16.5. The smallest absolute Gasteiger partial charge is 0.221 e. The van der Waals surface area contributed by atoms with Crippen LogP contribution in [-0.2, 0) is 9.53 Å². The van der Waals surface area contributed by atoms with Crippen molar-refractivity contribution in [3.8, 4) is 11.8 Å². The van der Waals surface area contributed by atoms with Gasteiger partial charge in [-0.15, -0.1) is 0 Å². The van der Waals surface area contributed by atoms with Crippen molar-refractivity contribution in [1.29, 1.82) is 5.26 Å². The molecule has 0 aliphatic rings. The predicted octanol–water partition coefficient (Wildman–Crippen LogP) is 2.34. The molecule has 0 heterocycles. The molecule has 0 saturated carbocycles. The van der Waals surface area contributed by atoms with Crippen LogP contribution in [0.1, 0.15) is 20.3 Å². The van der Waals surface area contributed by atoms with E-state index in [0.29, 0.717) is 30.2 Å². The fourth-order valence-electron chi connectivity index (χ4n) is 1.64. The monoisotopic (exact) mass is 277 g/mol. The quantitative estimate of drug-likeness (QED) is 0.590. The number of carbonyl (C=O) groups excluding carboxylic acids is 1. The van der Waals surface area contributed by atoms with Gasteiger partial charge in [0, 0.05) is 12.6 Å². The molecule has 6 heteroatoms. The second-order valence-electron chi connectivity index (χ2n) is 4.16. The minimum atomic E-state index is -0.273. The Morgan fingerprint density at radius 3 is 2.85 bits per heavy atom. The molecular weight excluding hydrogens is 258 g/mol. The zero-order valence-corrected chi connectivity index (χ0v) is 11.9. The Hall–Kier alpha value is -2.26. The third kappa shape index (κ3) is 5.16. The van der Waals surface area contributed by atoms with Crippen molar-refractivity contribution in [3.63, 3.8) is 0 Å². The van der Waals surface area contributed by atoms with Crippen LogP contribution in [0.4, 0.5) is 11.4 Å². The van der Waals surface area contributed by atoms with Gasteiger partial charge in [-0.3, -0.25) is 4.79 Å². The highest BCUT2D eigenvalue weighted by Gasteiger charge is 2.09. The van der Waals surface area contributed by atoms with E-state index in [-0.39, 0.29) is 12.1 Å². The highest BCUT2D eigenvalue weighted by Crippen LogP contribution is 2.28. The average molecular weight is 277 g/mol. The first kappa shape index (κ1) is 15.8. The molecule has 0 fully saturated rings. The fraction of sp³-hybridized carbons (Fsp3) is 0.429. The third-order valence-corrected chi connectivity index (χ3v) is 2.46. The topological polar surface area (TPSA) is 83.4 Å². The van der Waals surface area contributed by atoms with Crippen molar-refractivity contribution in [2.24, 2.45) is 0 Å². The van der Waals surface area contributed by atoms with Gasteiger partial charge in [0.2, 0.25) is 5.91 Å². The standard InChI is InChI=1S/C14H19N3O3/c1-10(18)16-12-5-6-14(19-3)13(9-12)17-11(2)20-8-4-7-15/h5-6,9,11,17H,4,8H2,1-3H3,(H,16,18). The van der Waals surface area contributed by atoms with Gasteiger partial charge >= 0.3 is 0 Å². The van der Waals surface area contributed by atoms with Crippen LogP contribution in [0.5, 0.6) is 5.75 Å². The summed E-state index contributed by atoms with van der Waals surface area (Å²) in [5.74, 6) is 0.509. The lowest BCUT2D eigenvalue weighted by atomic mass is 10.2. The van der Waals surface area contributed by atoms with E-state index in [0.717, 1.165) is 0 Å². The van der Waals surface area contributed by atoms with Gasteiger partial charge in [0.25, 0.3) is 0 Å². The van der Waals surface area contributed by atoms with E-state index < -0.39 is 0 Å². The number of ether oxygens (including phenoxy) is 2. The maximum Gasteiger partial charge on any atom is 0.221 e. The molecule has 2 N–H and O–H groups in total. The van der Waals surface area contributed by atoms with Gasteiger partial charge < -0.3 is 20.1 Å². The molecule has 0 aliphatic heterocycles. The first-order valence-electron chi connectivity index (χ1n) is 6.27. The van der Waals surface area contributed by atoms with Crippen LogP contribution in [-0.4, -0.2) is 25.9 Å². The summed E-state index contributed by atoms with van der Waals surface area (Å²) in [7, 11) is 1.57. The molecule has 0 bridgehead atoms. The minimum Gasteiger partial charge on any atom is -0.495 e. The van der Waals surface area contributed by atoms with Gasteiger partial charge in [0.1, 0.15) is 12.0 Å². The summed E-state index contributed by atoms with van der Waals surface area (Å²) >= 11 is 0. The fourth-order valence-corrected chi connectivity index (χ4v) is 1.64. The lowest BCUT2D eigenvalue weighted by Crippen LogP contribution is -2.20. The molecule has 20 heavy (non-hydrogen) atoms. The van der Waals surface area contributed by atoms with Crippen LogP contribution in [0.2, 0.25) is 0 Å². The largest absolute Gasteiger partial charge is 0.495 e. The molecule has 0 saturated heterocycles. The number of anilines is 2. The van der Waals surface area contributed by atoms with Gasteiger partial charge in [-0.25, -0.2) is 0 Å². The first-order valence-corrected chi connectivity index (χ1v) is 6.27. The Kier molecular flexibility index (Phi) is 6.33. The summed E-state index contributed by atoms with van der Waals surface area (Å²) in [5, 5.41) is 14.3. The van der Waals surface area contributed by atoms with Crippen LogP contribution in [0.15, 0.2) is 18.2 Å². The molecule has 108 valence electrons. The van der Waals surface area contributed by atoms with E-state index in [1.165, 1.54) is 6.92 Å². The van der Waals surface area contributed by atoms with Gasteiger partial charge in [-0.2, -0.15) is 5.26 Å². The van der Waals surface area contributed by atoms with Gasteiger partial charge in [0.15, 0.2) is 0 Å². The van der Waals surface area contributed by atoms with Crippen LogP contribution < -0.4 is 15.4 Å². The average Bonchev–Trinajstić information content (AvgIpc) is 2.38. The Bertz CT molecular complexity index is 497. The maximum atomic E-state index is 11.1. The SMILES string of the molecule is COc1ccc(NC(C)=O)cc1NC(C)OCCC#N. The molecule has 0 radical (unpaired) electrons. The molecular formula is C14H19N3O3. The Morgan fingerprint density at radius 1 is 1.50 bits per heavy atom. The number of benzene rings is 1. The molecule has 1 unspecified atom stereocenters. The first-order chi connectivity index (χ1) is 9.56. The molecule has 0 aromatic heterocycles. The summed E-state index contributed by atoms with van der Waals surface area (Å²) in [5.41, 5.74) is 1.38. The molecule has 1 aromatic rings. The summed E-state index contributed by atoms with van der Waals surface area (Å²) in [6, 6.07) is 7.30. The molecule has 0 aliphatic carbocycles. The van der Waals surface area contributed by atoms with Crippen LogP contribution in [0.3, 0.4) is 0 Å². The number of carbonyl (C=O) groups is 1. The summed E-state index contributed by atoms with van der Waals surface area (Å²) in [6.45, 7) is 3.64. The normalized spacial score (nSPS) is 11.3. The summed E-state index contributed by atoms with van der Waals surface area (Å²) in [4.78, 5) is 11.1. The number of nitrogens with one attached hydrogen (secondary N) is 2. The van der Waals surface area contributed by atoms with E-state index in [4.69, 9.17) is 14.7 Å². The second kappa shape index (κ2) is 8.02. The van der Waals surface area contributed by atoms with Crippen molar-refractivity contribution < 1.29 is 14.3 Å². The minimum absolute atomic E-state index is 0.139. The zero-order chi connectivity index (χ0) is 15.0. The maximum absolute atomic E-state index is 11.1. The van der Waals surface area contributed by atoms with Crippen LogP contribution >= 0.6 is 0 Å². The Morgan fingerprint density at radius 2 is 2.25 bits per heavy atom. The predicted molar refractivity (Wildman–Crippen MR) is 76.6 cm³/mol. The number of hydrogen-bond donors (Lipinski definition) is 2. The highest BCUT2D eigenvalue weighted by molar-refractivity contribution is 5.89. The van der Waals surface area contributed by atoms with Gasteiger partial charge in [-0.05, 0) is 25.1 Å². The van der Waals surface area contributed by atoms with Crippen molar-refractivity contribution in [2.75, 3.05) is 24.4 Å². The lowest BCUT2D eigenvalue weighted by molar-refractivity contribution is -0.114. The Balaban J connectivity index is 2.75. The zero-order valence-electron chi connectivity index (χ0n) is 11.9. The molecule has 1 aromatic carbocycles. The van der Waals surface area contributed by atoms with E-state index >= 15 is 0 Å². The molecule has 1 amide bonds. The molecule has 1 rings (SSSR count).